The first-order valence-corrected chi connectivity index (χ1v) is 12.2. The molecular formula is C24H43NO9. The van der Waals surface area contributed by atoms with Crippen LogP contribution in [0.25, 0.3) is 0 Å². The first-order chi connectivity index (χ1) is 16.4. The third-order valence-electron chi connectivity index (χ3n) is 4.88. The molecule has 2 N–H and O–H groups in total. The van der Waals surface area contributed by atoms with Gasteiger partial charge in [0.15, 0.2) is 5.78 Å². The van der Waals surface area contributed by atoms with Crippen LogP contribution in [0.1, 0.15) is 65.2 Å². The molecule has 0 rings (SSSR count). The molecule has 0 aliphatic carbocycles. The summed E-state index contributed by atoms with van der Waals surface area (Å²) in [6.45, 7) is 6.26. The SMILES string of the molecule is CCCOCCOCC(=O)NCCOCCOCC(=O)CC(CCCCCC(=O)CC)C(=O)O. The Morgan fingerprint density at radius 3 is 2.06 bits per heavy atom. The van der Waals surface area contributed by atoms with Crippen molar-refractivity contribution in [2.24, 2.45) is 5.92 Å². The van der Waals surface area contributed by atoms with Gasteiger partial charge in [0.1, 0.15) is 19.0 Å². The van der Waals surface area contributed by atoms with Gasteiger partial charge in [0.05, 0.1) is 39.0 Å². The summed E-state index contributed by atoms with van der Waals surface area (Å²) in [4.78, 5) is 46.2. The number of carboxylic acid groups (broad SMARTS) is 1. The minimum atomic E-state index is -0.987. The number of amides is 1. The number of carbonyl (C=O) groups is 4. The maximum Gasteiger partial charge on any atom is 0.306 e. The van der Waals surface area contributed by atoms with Crippen molar-refractivity contribution in [1.82, 2.24) is 5.32 Å². The molecule has 34 heavy (non-hydrogen) atoms. The van der Waals surface area contributed by atoms with E-state index in [4.69, 9.17) is 18.9 Å². The molecule has 1 amide bonds. The van der Waals surface area contributed by atoms with Gasteiger partial charge in [0.25, 0.3) is 0 Å². The van der Waals surface area contributed by atoms with Gasteiger partial charge in [0.2, 0.25) is 5.91 Å². The van der Waals surface area contributed by atoms with Gasteiger partial charge < -0.3 is 29.4 Å². The summed E-state index contributed by atoms with van der Waals surface area (Å²) in [5.41, 5.74) is 0. The van der Waals surface area contributed by atoms with Crippen LogP contribution in [0.5, 0.6) is 0 Å². The van der Waals surface area contributed by atoms with Crippen molar-refractivity contribution in [2.45, 2.75) is 65.2 Å². The van der Waals surface area contributed by atoms with Crippen molar-refractivity contribution < 1.29 is 43.2 Å². The fourth-order valence-corrected chi connectivity index (χ4v) is 2.96. The number of ketones is 2. The van der Waals surface area contributed by atoms with Crippen molar-refractivity contribution in [2.75, 3.05) is 59.4 Å². The Bertz CT molecular complexity index is 569. The number of carboxylic acids is 1. The van der Waals surface area contributed by atoms with E-state index in [2.05, 4.69) is 5.32 Å². The van der Waals surface area contributed by atoms with Gasteiger partial charge in [0, 0.05) is 32.4 Å². The van der Waals surface area contributed by atoms with Crippen LogP contribution < -0.4 is 5.32 Å². The normalized spacial score (nSPS) is 11.8. The molecule has 0 aromatic rings. The molecular weight excluding hydrogens is 446 g/mol. The fraction of sp³-hybridized carbons (Fsp3) is 0.833. The van der Waals surface area contributed by atoms with Gasteiger partial charge in [-0.25, -0.2) is 0 Å². The molecule has 0 aliphatic rings. The molecule has 0 aromatic heterocycles. The number of unbranched alkanes of at least 4 members (excludes halogenated alkanes) is 2. The van der Waals surface area contributed by atoms with Gasteiger partial charge in [-0.1, -0.05) is 26.7 Å². The van der Waals surface area contributed by atoms with Gasteiger partial charge in [-0.15, -0.1) is 0 Å². The Hall–Kier alpha value is -1.88. The molecule has 0 aliphatic heterocycles. The average molecular weight is 490 g/mol. The van der Waals surface area contributed by atoms with Crippen LogP contribution >= 0.6 is 0 Å². The number of hydrogen-bond acceptors (Lipinski definition) is 8. The first-order valence-electron chi connectivity index (χ1n) is 12.2. The van der Waals surface area contributed by atoms with E-state index in [1.807, 2.05) is 13.8 Å². The number of Topliss-reactive ketones (excluding diaryl/α,β-unsaturated/α-hetero) is 2. The third-order valence-corrected chi connectivity index (χ3v) is 4.88. The van der Waals surface area contributed by atoms with Crippen molar-refractivity contribution >= 4 is 23.4 Å². The molecule has 0 fully saturated rings. The molecule has 0 radical (unpaired) electrons. The van der Waals surface area contributed by atoms with Crippen molar-refractivity contribution in [3.05, 3.63) is 0 Å². The van der Waals surface area contributed by atoms with E-state index in [9.17, 15) is 24.3 Å². The summed E-state index contributed by atoms with van der Waals surface area (Å²) < 4.78 is 21.0. The molecule has 198 valence electrons. The largest absolute Gasteiger partial charge is 0.481 e. The topological polar surface area (TPSA) is 137 Å². The summed E-state index contributed by atoms with van der Waals surface area (Å²) in [5, 5.41) is 12.0. The zero-order chi connectivity index (χ0) is 25.4. The molecule has 0 bridgehead atoms. The highest BCUT2D eigenvalue weighted by Crippen LogP contribution is 2.16. The van der Waals surface area contributed by atoms with E-state index >= 15 is 0 Å². The second kappa shape index (κ2) is 22.9. The maximum absolute atomic E-state index is 12.0. The summed E-state index contributed by atoms with van der Waals surface area (Å²) in [6, 6.07) is 0. The Kier molecular flexibility index (Phi) is 21.6. The fourth-order valence-electron chi connectivity index (χ4n) is 2.96. The zero-order valence-electron chi connectivity index (χ0n) is 20.8. The molecule has 1 atom stereocenters. The molecule has 0 saturated heterocycles. The highest BCUT2D eigenvalue weighted by molar-refractivity contribution is 5.84. The van der Waals surface area contributed by atoms with E-state index in [1.165, 1.54) is 0 Å². The average Bonchev–Trinajstić information content (AvgIpc) is 2.81. The standard InChI is InChI=1S/C24H43NO9/c1-3-11-31-13-16-34-19-23(28)25-10-12-32-14-15-33-18-22(27)17-20(24(29)30)8-6-5-7-9-21(26)4-2/h20H,3-19H2,1-2H3,(H,25,28)(H,29,30). The summed E-state index contributed by atoms with van der Waals surface area (Å²) >= 11 is 0. The van der Waals surface area contributed by atoms with E-state index < -0.39 is 11.9 Å². The monoisotopic (exact) mass is 489 g/mol. The Morgan fingerprint density at radius 1 is 0.765 bits per heavy atom. The number of nitrogens with one attached hydrogen (secondary N) is 1. The minimum absolute atomic E-state index is 0.0312. The molecule has 10 heteroatoms. The Labute approximate surface area is 203 Å². The Morgan fingerprint density at radius 2 is 1.41 bits per heavy atom. The van der Waals surface area contributed by atoms with Gasteiger partial charge in [-0.3, -0.25) is 19.2 Å². The maximum atomic E-state index is 12.0. The molecule has 10 nitrogen and oxygen atoms in total. The molecule has 0 spiro atoms. The minimum Gasteiger partial charge on any atom is -0.481 e. The third kappa shape index (κ3) is 20.7. The molecule has 0 heterocycles. The van der Waals surface area contributed by atoms with E-state index in [1.54, 1.807) is 0 Å². The first kappa shape index (κ1) is 32.1. The second-order valence-electron chi connectivity index (χ2n) is 7.95. The lowest BCUT2D eigenvalue weighted by Gasteiger charge is -2.12. The second-order valence-corrected chi connectivity index (χ2v) is 7.95. The summed E-state index contributed by atoms with van der Waals surface area (Å²) in [7, 11) is 0. The van der Waals surface area contributed by atoms with Gasteiger partial charge in [-0.05, 0) is 19.3 Å². The lowest BCUT2D eigenvalue weighted by molar-refractivity contribution is -0.144. The van der Waals surface area contributed by atoms with E-state index in [-0.39, 0.29) is 50.3 Å². The molecule has 0 aromatic carbocycles. The number of aliphatic carboxylic acids is 1. The lowest BCUT2D eigenvalue weighted by atomic mass is 9.95. The molecule has 0 saturated carbocycles. The predicted molar refractivity (Wildman–Crippen MR) is 126 cm³/mol. The highest BCUT2D eigenvalue weighted by Gasteiger charge is 2.20. The summed E-state index contributed by atoms with van der Waals surface area (Å²) in [5.74, 6) is -2.00. The number of hydrogen-bond donors (Lipinski definition) is 2. The van der Waals surface area contributed by atoms with Gasteiger partial charge in [-0.2, -0.15) is 0 Å². The number of carbonyl (C=O) groups excluding carboxylic acids is 3. The number of rotatable bonds is 25. The quantitative estimate of drug-likeness (QED) is 0.185. The number of ether oxygens (including phenoxy) is 4. The van der Waals surface area contributed by atoms with Crippen molar-refractivity contribution in [3.63, 3.8) is 0 Å². The van der Waals surface area contributed by atoms with Crippen molar-refractivity contribution in [1.29, 1.82) is 0 Å². The van der Waals surface area contributed by atoms with Crippen LogP contribution in [0.4, 0.5) is 0 Å². The van der Waals surface area contributed by atoms with Crippen molar-refractivity contribution in [3.8, 4) is 0 Å². The van der Waals surface area contributed by atoms with Crippen LogP contribution in [0.2, 0.25) is 0 Å². The van der Waals surface area contributed by atoms with Crippen LogP contribution in [0.15, 0.2) is 0 Å². The predicted octanol–water partition coefficient (Wildman–Crippen LogP) is 2.17. The van der Waals surface area contributed by atoms with Crippen LogP contribution in [0.3, 0.4) is 0 Å². The summed E-state index contributed by atoms with van der Waals surface area (Å²) in [6.07, 6.45) is 4.54. The Balaban J connectivity index is 3.67. The van der Waals surface area contributed by atoms with Gasteiger partial charge >= 0.3 is 5.97 Å². The van der Waals surface area contributed by atoms with Crippen LogP contribution in [-0.4, -0.2) is 87.9 Å². The molecule has 1 unspecified atom stereocenters. The lowest BCUT2D eigenvalue weighted by Crippen LogP contribution is -2.31. The zero-order valence-corrected chi connectivity index (χ0v) is 20.8. The van der Waals surface area contributed by atoms with Crippen LogP contribution in [-0.2, 0) is 38.1 Å². The van der Waals surface area contributed by atoms with Crippen LogP contribution in [0, 0.1) is 5.92 Å². The van der Waals surface area contributed by atoms with E-state index in [0.717, 1.165) is 19.3 Å². The highest BCUT2D eigenvalue weighted by atomic mass is 16.5. The smallest absolute Gasteiger partial charge is 0.306 e. The van der Waals surface area contributed by atoms with E-state index in [0.29, 0.717) is 58.7 Å².